The summed E-state index contributed by atoms with van der Waals surface area (Å²) in [6.45, 7) is 3.96. The van der Waals surface area contributed by atoms with E-state index in [0.29, 0.717) is 11.3 Å². The molecule has 0 saturated carbocycles. The number of hydrogen-bond acceptors (Lipinski definition) is 3. The molecule has 0 unspecified atom stereocenters. The zero-order valence-electron chi connectivity index (χ0n) is 13.1. The summed E-state index contributed by atoms with van der Waals surface area (Å²) in [4.78, 5) is 16.7. The summed E-state index contributed by atoms with van der Waals surface area (Å²) in [6, 6.07) is 18.7. The van der Waals surface area contributed by atoms with Crippen LogP contribution in [0.15, 0.2) is 66.9 Å². The van der Waals surface area contributed by atoms with Gasteiger partial charge in [0, 0.05) is 11.8 Å². The normalized spacial score (nSPS) is 10.3. The van der Waals surface area contributed by atoms with Crippen molar-refractivity contribution in [1.82, 2.24) is 4.98 Å². The minimum absolute atomic E-state index is 0.368. The number of hydrogen-bond donors (Lipinski definition) is 0. The topological polar surface area (TPSA) is 39.2 Å². The number of aryl methyl sites for hydroxylation is 2. The van der Waals surface area contributed by atoms with Crippen LogP contribution in [0.1, 0.15) is 21.5 Å². The molecular formula is C20H17NO2. The highest BCUT2D eigenvalue weighted by Crippen LogP contribution is 2.32. The van der Waals surface area contributed by atoms with E-state index in [4.69, 9.17) is 4.74 Å². The molecule has 3 aromatic rings. The van der Waals surface area contributed by atoms with Gasteiger partial charge < -0.3 is 4.74 Å². The Hall–Kier alpha value is -2.94. The van der Waals surface area contributed by atoms with E-state index in [1.807, 2.05) is 56.3 Å². The summed E-state index contributed by atoms with van der Waals surface area (Å²) in [5.74, 6) is 0.155. The number of nitrogens with zero attached hydrogens (tertiary/aromatic N) is 1. The van der Waals surface area contributed by atoms with E-state index in [2.05, 4.69) is 4.98 Å². The van der Waals surface area contributed by atoms with Crippen LogP contribution < -0.4 is 4.74 Å². The van der Waals surface area contributed by atoms with Gasteiger partial charge in [-0.2, -0.15) is 0 Å². The molecule has 3 heteroatoms. The van der Waals surface area contributed by atoms with Crippen LogP contribution in [0, 0.1) is 13.8 Å². The monoisotopic (exact) mass is 303 g/mol. The third-order valence-electron chi connectivity index (χ3n) is 3.65. The smallest absolute Gasteiger partial charge is 0.343 e. The Morgan fingerprint density at radius 2 is 1.70 bits per heavy atom. The van der Waals surface area contributed by atoms with Crippen molar-refractivity contribution in [3.8, 4) is 17.0 Å². The van der Waals surface area contributed by atoms with Crippen molar-refractivity contribution in [3.63, 3.8) is 0 Å². The number of pyridine rings is 1. The second kappa shape index (κ2) is 6.44. The summed E-state index contributed by atoms with van der Waals surface area (Å²) in [6.07, 6.45) is 1.73. The van der Waals surface area contributed by atoms with Crippen molar-refractivity contribution < 1.29 is 9.53 Å². The Labute approximate surface area is 135 Å². The van der Waals surface area contributed by atoms with Crippen LogP contribution in [0.25, 0.3) is 11.3 Å². The van der Waals surface area contributed by atoms with Gasteiger partial charge in [-0.05, 0) is 49.7 Å². The molecule has 0 fully saturated rings. The standard InChI is InChI=1S/C20H17NO2/c1-14-9-11-16(12-10-14)20(22)23-18-8-5-6-15(2)19(18)17-7-3-4-13-21-17/h3-13H,1-2H3. The number of ether oxygens (including phenoxy) is 1. The molecule has 3 rings (SSSR count). The Morgan fingerprint density at radius 1 is 0.913 bits per heavy atom. The molecule has 0 atom stereocenters. The predicted molar refractivity (Wildman–Crippen MR) is 90.5 cm³/mol. The molecule has 1 heterocycles. The molecule has 0 N–H and O–H groups in total. The lowest BCUT2D eigenvalue weighted by atomic mass is 10.0. The molecule has 0 bridgehead atoms. The van der Waals surface area contributed by atoms with Crippen LogP contribution in [0.4, 0.5) is 0 Å². The van der Waals surface area contributed by atoms with Crippen LogP contribution in [0.3, 0.4) is 0 Å². The molecule has 0 aliphatic carbocycles. The highest BCUT2D eigenvalue weighted by Gasteiger charge is 2.15. The molecule has 0 radical (unpaired) electrons. The average molecular weight is 303 g/mol. The zero-order valence-corrected chi connectivity index (χ0v) is 13.1. The van der Waals surface area contributed by atoms with E-state index in [1.54, 1.807) is 24.4 Å². The fourth-order valence-corrected chi connectivity index (χ4v) is 2.41. The Morgan fingerprint density at radius 3 is 2.39 bits per heavy atom. The number of rotatable bonds is 3. The number of carbonyl (C=O) groups is 1. The average Bonchev–Trinajstić information content (AvgIpc) is 2.56. The van der Waals surface area contributed by atoms with Crippen molar-refractivity contribution in [3.05, 3.63) is 83.6 Å². The molecule has 0 amide bonds. The maximum absolute atomic E-state index is 12.4. The minimum atomic E-state index is -0.368. The molecule has 114 valence electrons. The van der Waals surface area contributed by atoms with Gasteiger partial charge in [-0.15, -0.1) is 0 Å². The van der Waals surface area contributed by atoms with Crippen LogP contribution in [-0.2, 0) is 0 Å². The van der Waals surface area contributed by atoms with Gasteiger partial charge in [-0.25, -0.2) is 4.79 Å². The van der Waals surface area contributed by atoms with Gasteiger partial charge in [-0.1, -0.05) is 35.9 Å². The molecule has 0 aliphatic rings. The quantitative estimate of drug-likeness (QED) is 0.525. The van der Waals surface area contributed by atoms with E-state index in [1.165, 1.54) is 0 Å². The summed E-state index contributed by atoms with van der Waals surface area (Å²) in [5.41, 5.74) is 4.28. The van der Waals surface area contributed by atoms with Crippen molar-refractivity contribution in [1.29, 1.82) is 0 Å². The summed E-state index contributed by atoms with van der Waals surface area (Å²) in [5, 5.41) is 0. The van der Waals surface area contributed by atoms with Gasteiger partial charge in [0.05, 0.1) is 11.3 Å². The first-order valence-corrected chi connectivity index (χ1v) is 7.45. The molecule has 0 aliphatic heterocycles. The van der Waals surface area contributed by atoms with Gasteiger partial charge in [0.15, 0.2) is 0 Å². The predicted octanol–water partition coefficient (Wildman–Crippen LogP) is 4.58. The Balaban J connectivity index is 1.96. The first-order valence-electron chi connectivity index (χ1n) is 7.45. The van der Waals surface area contributed by atoms with Crippen molar-refractivity contribution in [2.24, 2.45) is 0 Å². The van der Waals surface area contributed by atoms with Crippen LogP contribution >= 0.6 is 0 Å². The lowest BCUT2D eigenvalue weighted by Crippen LogP contribution is -2.09. The molecule has 2 aromatic carbocycles. The summed E-state index contributed by atoms with van der Waals surface area (Å²) < 4.78 is 5.63. The summed E-state index contributed by atoms with van der Waals surface area (Å²) in [7, 11) is 0. The third-order valence-corrected chi connectivity index (χ3v) is 3.65. The number of esters is 1. The van der Waals surface area contributed by atoms with Crippen molar-refractivity contribution in [2.45, 2.75) is 13.8 Å². The Kier molecular flexibility index (Phi) is 4.20. The van der Waals surface area contributed by atoms with Gasteiger partial charge in [0.2, 0.25) is 0 Å². The van der Waals surface area contributed by atoms with Gasteiger partial charge in [0.1, 0.15) is 5.75 Å². The molecule has 0 saturated heterocycles. The molecule has 23 heavy (non-hydrogen) atoms. The highest BCUT2D eigenvalue weighted by atomic mass is 16.5. The zero-order chi connectivity index (χ0) is 16.2. The van der Waals surface area contributed by atoms with Crippen molar-refractivity contribution in [2.75, 3.05) is 0 Å². The minimum Gasteiger partial charge on any atom is -0.422 e. The molecule has 0 spiro atoms. The van der Waals surface area contributed by atoms with Gasteiger partial charge in [-0.3, -0.25) is 4.98 Å². The molecule has 1 aromatic heterocycles. The number of benzene rings is 2. The van der Waals surface area contributed by atoms with Gasteiger partial charge in [0.25, 0.3) is 0 Å². The maximum atomic E-state index is 12.4. The lowest BCUT2D eigenvalue weighted by Gasteiger charge is -2.12. The molecule has 3 nitrogen and oxygen atoms in total. The van der Waals surface area contributed by atoms with Crippen LogP contribution in [0.2, 0.25) is 0 Å². The van der Waals surface area contributed by atoms with E-state index < -0.39 is 0 Å². The first kappa shape index (κ1) is 15.0. The second-order valence-corrected chi connectivity index (χ2v) is 5.42. The second-order valence-electron chi connectivity index (χ2n) is 5.42. The van der Waals surface area contributed by atoms with E-state index >= 15 is 0 Å². The fraction of sp³-hybridized carbons (Fsp3) is 0.100. The fourth-order valence-electron chi connectivity index (χ4n) is 2.41. The van der Waals surface area contributed by atoms with Crippen molar-refractivity contribution >= 4 is 5.97 Å². The lowest BCUT2D eigenvalue weighted by molar-refractivity contribution is 0.0735. The molecular weight excluding hydrogens is 286 g/mol. The largest absolute Gasteiger partial charge is 0.422 e. The maximum Gasteiger partial charge on any atom is 0.343 e. The van der Waals surface area contributed by atoms with E-state index in [9.17, 15) is 4.79 Å². The van der Waals surface area contributed by atoms with Crippen LogP contribution in [-0.4, -0.2) is 11.0 Å². The van der Waals surface area contributed by atoms with Gasteiger partial charge >= 0.3 is 5.97 Å². The highest BCUT2D eigenvalue weighted by molar-refractivity contribution is 5.92. The summed E-state index contributed by atoms with van der Waals surface area (Å²) >= 11 is 0. The van der Waals surface area contributed by atoms with Crippen LogP contribution in [0.5, 0.6) is 5.75 Å². The third kappa shape index (κ3) is 3.29. The SMILES string of the molecule is Cc1ccc(C(=O)Oc2cccc(C)c2-c2ccccn2)cc1. The van der Waals surface area contributed by atoms with E-state index in [0.717, 1.165) is 22.4 Å². The first-order chi connectivity index (χ1) is 11.1. The number of aromatic nitrogens is 1. The Bertz CT molecular complexity index is 824. The number of carbonyl (C=O) groups excluding carboxylic acids is 1. The van der Waals surface area contributed by atoms with E-state index in [-0.39, 0.29) is 5.97 Å².